The molecule has 80 valence electrons. The summed E-state index contributed by atoms with van der Waals surface area (Å²) in [6.45, 7) is 1.79. The van der Waals surface area contributed by atoms with Gasteiger partial charge in [-0.25, -0.2) is 0 Å². The number of amides is 1. The lowest BCUT2D eigenvalue weighted by Crippen LogP contribution is -2.48. The summed E-state index contributed by atoms with van der Waals surface area (Å²) in [5, 5.41) is 15.1. The Kier molecular flexibility index (Phi) is 3.83. The van der Waals surface area contributed by atoms with Crippen LogP contribution in [0.5, 0.6) is 0 Å². The molecule has 0 radical (unpaired) electrons. The quantitative estimate of drug-likeness (QED) is 0.841. The van der Waals surface area contributed by atoms with Gasteiger partial charge in [-0.2, -0.15) is 16.6 Å². The van der Waals surface area contributed by atoms with Crippen LogP contribution >= 0.6 is 11.3 Å². The van der Waals surface area contributed by atoms with E-state index in [1.54, 1.807) is 18.4 Å². The molecule has 0 aromatic carbocycles. The number of methoxy groups -OCH3 is 1. The molecule has 1 heterocycles. The van der Waals surface area contributed by atoms with Gasteiger partial charge in [-0.15, -0.1) is 0 Å². The second kappa shape index (κ2) is 4.91. The third kappa shape index (κ3) is 3.05. The van der Waals surface area contributed by atoms with Crippen LogP contribution in [0.1, 0.15) is 17.3 Å². The number of nitrogens with one attached hydrogen (secondary N) is 1. The van der Waals surface area contributed by atoms with Gasteiger partial charge in [-0.1, -0.05) is 0 Å². The highest BCUT2D eigenvalue weighted by molar-refractivity contribution is 7.08. The molecule has 0 saturated carbocycles. The number of hydrogen-bond acceptors (Lipinski definition) is 4. The molecule has 1 amide bonds. The number of carbonyl (C=O) groups excluding carboxylic acids is 1. The highest BCUT2D eigenvalue weighted by Gasteiger charge is 2.26. The van der Waals surface area contributed by atoms with E-state index in [1.807, 2.05) is 11.4 Å². The van der Waals surface area contributed by atoms with Crippen LogP contribution in [0.4, 0.5) is 0 Å². The van der Waals surface area contributed by atoms with Crippen molar-refractivity contribution in [2.24, 2.45) is 0 Å². The van der Waals surface area contributed by atoms with Gasteiger partial charge in [0.15, 0.2) is 0 Å². The molecule has 1 unspecified atom stereocenters. The number of thiophene rings is 1. The minimum Gasteiger partial charge on any atom is -0.381 e. The molecule has 1 N–H and O–H groups in total. The SMILES string of the molecule is COCC(C)(C#N)NC(=O)c1ccsc1. The first kappa shape index (κ1) is 11.7. The summed E-state index contributed by atoms with van der Waals surface area (Å²) in [4.78, 5) is 11.6. The minimum absolute atomic E-state index is 0.166. The van der Waals surface area contributed by atoms with Crippen LogP contribution in [-0.2, 0) is 4.74 Å². The van der Waals surface area contributed by atoms with Crippen molar-refractivity contribution >= 4 is 17.2 Å². The van der Waals surface area contributed by atoms with E-state index >= 15 is 0 Å². The van der Waals surface area contributed by atoms with Gasteiger partial charge in [0.1, 0.15) is 5.54 Å². The summed E-state index contributed by atoms with van der Waals surface area (Å²) in [6.07, 6.45) is 0. The number of nitriles is 1. The van der Waals surface area contributed by atoms with Crippen molar-refractivity contribution < 1.29 is 9.53 Å². The van der Waals surface area contributed by atoms with E-state index in [9.17, 15) is 4.79 Å². The zero-order valence-corrected chi connectivity index (χ0v) is 9.43. The first-order chi connectivity index (χ1) is 7.11. The molecule has 0 aliphatic carbocycles. The fourth-order valence-electron chi connectivity index (χ4n) is 1.10. The van der Waals surface area contributed by atoms with Gasteiger partial charge in [0.2, 0.25) is 0 Å². The number of carbonyl (C=O) groups is 1. The second-order valence-corrected chi connectivity index (χ2v) is 4.12. The average molecular weight is 224 g/mol. The Morgan fingerprint density at radius 3 is 3.00 bits per heavy atom. The van der Waals surface area contributed by atoms with Gasteiger partial charge in [0.25, 0.3) is 5.91 Å². The van der Waals surface area contributed by atoms with Gasteiger partial charge < -0.3 is 10.1 Å². The molecule has 1 atom stereocenters. The van der Waals surface area contributed by atoms with Crippen molar-refractivity contribution in [1.29, 1.82) is 5.26 Å². The lowest BCUT2D eigenvalue weighted by molar-refractivity contribution is 0.0860. The van der Waals surface area contributed by atoms with E-state index in [0.717, 1.165) is 0 Å². The molecule has 0 saturated heterocycles. The average Bonchev–Trinajstić information content (AvgIpc) is 2.71. The molecule has 1 rings (SSSR count). The summed E-state index contributed by atoms with van der Waals surface area (Å²) in [5.41, 5.74) is -0.411. The van der Waals surface area contributed by atoms with Crippen LogP contribution in [0.15, 0.2) is 16.8 Å². The van der Waals surface area contributed by atoms with Gasteiger partial charge >= 0.3 is 0 Å². The van der Waals surface area contributed by atoms with Gasteiger partial charge in [0.05, 0.1) is 18.2 Å². The Hall–Kier alpha value is -1.38. The Morgan fingerprint density at radius 2 is 2.53 bits per heavy atom. The maximum absolute atomic E-state index is 11.6. The molecule has 1 aromatic rings. The lowest BCUT2D eigenvalue weighted by Gasteiger charge is -2.21. The molecule has 0 aliphatic heterocycles. The summed E-state index contributed by atoms with van der Waals surface area (Å²) in [7, 11) is 1.49. The molecule has 15 heavy (non-hydrogen) atoms. The highest BCUT2D eigenvalue weighted by Crippen LogP contribution is 2.09. The van der Waals surface area contributed by atoms with E-state index in [0.29, 0.717) is 5.56 Å². The van der Waals surface area contributed by atoms with Crippen LogP contribution in [0.2, 0.25) is 0 Å². The van der Waals surface area contributed by atoms with Gasteiger partial charge in [-0.3, -0.25) is 4.79 Å². The summed E-state index contributed by atoms with van der Waals surface area (Å²) >= 11 is 1.44. The van der Waals surface area contributed by atoms with Crippen molar-refractivity contribution in [3.63, 3.8) is 0 Å². The van der Waals surface area contributed by atoms with Crippen LogP contribution in [0, 0.1) is 11.3 Å². The molecule has 5 heteroatoms. The minimum atomic E-state index is -0.978. The predicted octanol–water partition coefficient (Wildman–Crippen LogP) is 1.41. The van der Waals surface area contributed by atoms with E-state index in [4.69, 9.17) is 10.00 Å². The molecular weight excluding hydrogens is 212 g/mol. The third-order valence-electron chi connectivity index (χ3n) is 1.85. The Bertz CT molecular complexity index is 369. The number of nitrogens with zero attached hydrogens (tertiary/aromatic N) is 1. The number of ether oxygens (including phenoxy) is 1. The fourth-order valence-corrected chi connectivity index (χ4v) is 1.74. The smallest absolute Gasteiger partial charge is 0.253 e. The Labute approximate surface area is 92.5 Å². The van der Waals surface area contributed by atoms with Crippen LogP contribution in [0.25, 0.3) is 0 Å². The second-order valence-electron chi connectivity index (χ2n) is 3.34. The van der Waals surface area contributed by atoms with Crippen molar-refractivity contribution in [3.05, 3.63) is 22.4 Å². The molecular formula is C10H12N2O2S. The van der Waals surface area contributed by atoms with Gasteiger partial charge in [-0.05, 0) is 18.4 Å². The molecule has 0 spiro atoms. The maximum atomic E-state index is 11.6. The monoisotopic (exact) mass is 224 g/mol. The molecule has 1 aromatic heterocycles. The van der Waals surface area contributed by atoms with E-state index in [-0.39, 0.29) is 12.5 Å². The first-order valence-electron chi connectivity index (χ1n) is 4.36. The summed E-state index contributed by atoms with van der Waals surface area (Å²) < 4.78 is 4.88. The standard InChI is InChI=1S/C10H12N2O2S/c1-10(6-11,7-14-2)12-9(13)8-3-4-15-5-8/h3-5H,7H2,1-2H3,(H,12,13). The topological polar surface area (TPSA) is 62.1 Å². The fraction of sp³-hybridized carbons (Fsp3) is 0.400. The van der Waals surface area contributed by atoms with Gasteiger partial charge in [0, 0.05) is 12.5 Å². The molecule has 0 aliphatic rings. The van der Waals surface area contributed by atoms with E-state index in [2.05, 4.69) is 5.32 Å². The number of rotatable bonds is 4. The molecule has 0 bridgehead atoms. The summed E-state index contributed by atoms with van der Waals surface area (Å²) in [5.74, 6) is -0.252. The van der Waals surface area contributed by atoms with E-state index in [1.165, 1.54) is 18.4 Å². The predicted molar refractivity (Wildman–Crippen MR) is 57.7 cm³/mol. The zero-order valence-electron chi connectivity index (χ0n) is 8.61. The normalized spacial score (nSPS) is 13.9. The third-order valence-corrected chi connectivity index (χ3v) is 2.54. The molecule has 0 fully saturated rings. The van der Waals surface area contributed by atoms with Crippen molar-refractivity contribution in [2.75, 3.05) is 13.7 Å². The zero-order chi connectivity index (χ0) is 11.3. The first-order valence-corrected chi connectivity index (χ1v) is 5.30. The molecule has 4 nitrogen and oxygen atoms in total. The van der Waals surface area contributed by atoms with Crippen LogP contribution < -0.4 is 5.32 Å². The Balaban J connectivity index is 2.69. The number of hydrogen-bond donors (Lipinski definition) is 1. The highest BCUT2D eigenvalue weighted by atomic mass is 32.1. The van der Waals surface area contributed by atoms with Crippen molar-refractivity contribution in [1.82, 2.24) is 5.32 Å². The Morgan fingerprint density at radius 1 is 1.80 bits per heavy atom. The summed E-state index contributed by atoms with van der Waals surface area (Å²) in [6, 6.07) is 3.73. The van der Waals surface area contributed by atoms with Crippen LogP contribution in [-0.4, -0.2) is 25.2 Å². The maximum Gasteiger partial charge on any atom is 0.253 e. The van der Waals surface area contributed by atoms with Crippen molar-refractivity contribution in [2.45, 2.75) is 12.5 Å². The lowest BCUT2D eigenvalue weighted by atomic mass is 10.1. The van der Waals surface area contributed by atoms with Crippen LogP contribution in [0.3, 0.4) is 0 Å². The van der Waals surface area contributed by atoms with Crippen molar-refractivity contribution in [3.8, 4) is 6.07 Å². The van der Waals surface area contributed by atoms with E-state index < -0.39 is 5.54 Å². The largest absolute Gasteiger partial charge is 0.381 e.